The van der Waals surface area contributed by atoms with E-state index in [1.165, 1.54) is 0 Å². The van der Waals surface area contributed by atoms with Crippen LogP contribution in [0, 0.1) is 0 Å². The minimum Gasteiger partial charge on any atom is -0.282 e. The number of hydrogen-bond donors (Lipinski definition) is 0. The van der Waals surface area contributed by atoms with Crippen LogP contribution in [0.25, 0.3) is 0 Å². The first-order valence-electron chi connectivity index (χ1n) is 2.46. The van der Waals surface area contributed by atoms with E-state index in [1.807, 2.05) is 4.94 Å². The van der Waals surface area contributed by atoms with Crippen molar-refractivity contribution >= 4 is 11.8 Å². The Bertz CT molecular complexity index is 236. The Hall–Kier alpha value is -0.786. The molecule has 0 aromatic carbocycles. The molecule has 0 bridgehead atoms. The summed E-state index contributed by atoms with van der Waals surface area (Å²) in [4.78, 5) is 21.2. The number of Topliss-reactive ketones (excluding diaryl/α,β-unsaturated/α-hetero) is 1. The molecule has 0 aromatic rings. The Morgan fingerprint density at radius 3 is 1.57 bits per heavy atom. The molecule has 0 aliphatic carbocycles. The number of alkyl halides is 5. The van der Waals surface area contributed by atoms with Gasteiger partial charge in [-0.2, -0.15) is 22.0 Å². The Morgan fingerprint density at radius 2 is 1.36 bits per heavy atom. The summed E-state index contributed by atoms with van der Waals surface area (Å²) < 4.78 is 68.5. The van der Waals surface area contributed by atoms with Crippen molar-refractivity contribution in [1.82, 2.24) is 0 Å². The first-order chi connectivity index (χ1) is 5.64. The van der Waals surface area contributed by atoms with Crippen LogP contribution in [0.4, 0.5) is 26.5 Å². The van der Waals surface area contributed by atoms with Gasteiger partial charge in [0.05, 0.1) is 0 Å². The van der Waals surface area contributed by atoms with Gasteiger partial charge in [-0.25, -0.2) is 9.74 Å². The number of halogens is 6. The van der Waals surface area contributed by atoms with E-state index in [9.17, 15) is 36.1 Å². The van der Waals surface area contributed by atoms with Crippen molar-refractivity contribution in [2.45, 2.75) is 12.1 Å². The van der Waals surface area contributed by atoms with Crippen molar-refractivity contribution in [2.75, 3.05) is 0 Å². The van der Waals surface area contributed by atoms with E-state index >= 15 is 0 Å². The molecule has 3 nitrogen and oxygen atoms in total. The van der Waals surface area contributed by atoms with Crippen LogP contribution in [0.5, 0.6) is 0 Å². The van der Waals surface area contributed by atoms with E-state index in [0.29, 0.717) is 0 Å². The second-order valence-electron chi connectivity index (χ2n) is 1.77. The van der Waals surface area contributed by atoms with Crippen LogP contribution in [-0.2, 0) is 31.0 Å². The van der Waals surface area contributed by atoms with E-state index in [2.05, 4.69) is 0 Å². The summed E-state index contributed by atoms with van der Waals surface area (Å²) in [5.41, 5.74) is 0. The van der Waals surface area contributed by atoms with E-state index in [0.717, 1.165) is 0 Å². The molecule has 10 heteroatoms. The van der Waals surface area contributed by atoms with Gasteiger partial charge in [-0.15, -0.1) is 0 Å². The first kappa shape index (κ1) is 15.7. The third kappa shape index (κ3) is 3.17. The van der Waals surface area contributed by atoms with Crippen molar-refractivity contribution < 1.29 is 57.5 Å². The smallest absolute Gasteiger partial charge is 0.282 e. The average Bonchev–Trinajstić information content (AvgIpc) is 1.99. The molecule has 0 N–H and O–H groups in total. The van der Waals surface area contributed by atoms with E-state index in [4.69, 9.17) is 0 Å². The van der Waals surface area contributed by atoms with Gasteiger partial charge in [0.1, 0.15) is 0 Å². The number of rotatable bonds is 2. The zero-order valence-electron chi connectivity index (χ0n) is 5.81. The SMILES string of the molecule is O=C(OF)C(F)(F)C(=O)C(F)(F)F.[Ni]. The van der Waals surface area contributed by atoms with Gasteiger partial charge in [0.2, 0.25) is 0 Å². The first-order valence-corrected chi connectivity index (χ1v) is 2.46. The molecule has 0 rings (SSSR count). The second kappa shape index (κ2) is 4.63. The molecule has 14 heavy (non-hydrogen) atoms. The standard InChI is InChI=1S/C4F6O3.Ni/c5-3(6,2(12)13-10)1(11)4(7,8)9;. The van der Waals surface area contributed by atoms with Crippen LogP contribution in [0.1, 0.15) is 0 Å². The van der Waals surface area contributed by atoms with Gasteiger partial charge in [0, 0.05) is 21.0 Å². The minimum absolute atomic E-state index is 0. The molecule has 0 aromatic heterocycles. The van der Waals surface area contributed by atoms with Crippen molar-refractivity contribution in [3.05, 3.63) is 0 Å². The number of carbonyl (C=O) groups excluding carboxylic acids is 2. The van der Waals surface area contributed by atoms with Crippen LogP contribution in [0.2, 0.25) is 0 Å². The summed E-state index contributed by atoms with van der Waals surface area (Å²) >= 11 is 0. The molecule has 0 aliphatic rings. The van der Waals surface area contributed by atoms with Gasteiger partial charge in [0.15, 0.2) is 0 Å². The molecular formula is C4F6NiO3. The van der Waals surface area contributed by atoms with Gasteiger partial charge in [-0.3, -0.25) is 4.79 Å². The Labute approximate surface area is 82.2 Å². The van der Waals surface area contributed by atoms with Crippen molar-refractivity contribution in [1.29, 1.82) is 0 Å². The van der Waals surface area contributed by atoms with Gasteiger partial charge in [-0.1, -0.05) is 0 Å². The Balaban J connectivity index is 0. The summed E-state index contributed by atoms with van der Waals surface area (Å²) in [5, 5.41) is 0. The Kier molecular flexibility index (Phi) is 5.18. The van der Waals surface area contributed by atoms with E-state index < -0.39 is 23.9 Å². The molecule has 0 atom stereocenters. The summed E-state index contributed by atoms with van der Waals surface area (Å²) in [7, 11) is 0. The summed E-state index contributed by atoms with van der Waals surface area (Å²) in [6.07, 6.45) is -5.93. The predicted octanol–water partition coefficient (Wildman–Crippen LogP) is 1.18. The molecule has 0 aliphatic heterocycles. The van der Waals surface area contributed by atoms with E-state index in [1.54, 1.807) is 0 Å². The predicted molar refractivity (Wildman–Crippen MR) is 23.2 cm³/mol. The van der Waals surface area contributed by atoms with Gasteiger partial charge in [-0.05, 0) is 0 Å². The molecule has 0 unspecified atom stereocenters. The van der Waals surface area contributed by atoms with Gasteiger partial charge in [0.25, 0.3) is 0 Å². The van der Waals surface area contributed by atoms with Gasteiger partial charge < -0.3 is 0 Å². The van der Waals surface area contributed by atoms with Crippen molar-refractivity contribution in [3.8, 4) is 0 Å². The molecule has 0 spiro atoms. The molecular weight excluding hydrogens is 269 g/mol. The average molecular weight is 269 g/mol. The van der Waals surface area contributed by atoms with Crippen LogP contribution in [0.3, 0.4) is 0 Å². The summed E-state index contributed by atoms with van der Waals surface area (Å²) in [5.74, 6) is -12.4. The largest absolute Gasteiger partial charge is 0.457 e. The zero-order valence-corrected chi connectivity index (χ0v) is 6.80. The fourth-order valence-corrected chi connectivity index (χ4v) is 0.319. The van der Waals surface area contributed by atoms with Crippen molar-refractivity contribution in [2.24, 2.45) is 0 Å². The third-order valence-corrected chi connectivity index (χ3v) is 0.869. The molecule has 0 radical (unpaired) electrons. The second-order valence-corrected chi connectivity index (χ2v) is 1.77. The van der Waals surface area contributed by atoms with Crippen LogP contribution < -0.4 is 0 Å². The monoisotopic (exact) mass is 268 g/mol. The number of carbonyl (C=O) groups is 2. The fourth-order valence-electron chi connectivity index (χ4n) is 0.319. The summed E-state index contributed by atoms with van der Waals surface area (Å²) in [6, 6.07) is 0. The number of ketones is 1. The molecule has 0 heterocycles. The van der Waals surface area contributed by atoms with Crippen LogP contribution in [-0.4, -0.2) is 23.9 Å². The van der Waals surface area contributed by atoms with Crippen LogP contribution in [0.15, 0.2) is 0 Å². The van der Waals surface area contributed by atoms with Crippen molar-refractivity contribution in [3.63, 3.8) is 0 Å². The molecule has 0 saturated heterocycles. The molecule has 0 amide bonds. The van der Waals surface area contributed by atoms with Crippen LogP contribution >= 0.6 is 0 Å². The molecule has 0 saturated carbocycles. The Morgan fingerprint density at radius 1 is 1.00 bits per heavy atom. The summed E-state index contributed by atoms with van der Waals surface area (Å²) in [6.45, 7) is 0. The third-order valence-electron chi connectivity index (χ3n) is 0.869. The quantitative estimate of drug-likeness (QED) is 0.429. The topological polar surface area (TPSA) is 43.4 Å². The fraction of sp³-hybridized carbons (Fsp3) is 0.500. The molecule has 86 valence electrons. The number of hydrogen-bond acceptors (Lipinski definition) is 3. The normalized spacial score (nSPS) is 11.6. The maximum absolute atomic E-state index is 11.9. The zero-order chi connectivity index (χ0) is 10.9. The maximum Gasteiger partial charge on any atom is 0.457 e. The maximum atomic E-state index is 11.9. The minimum atomic E-state index is -5.93. The van der Waals surface area contributed by atoms with E-state index in [-0.39, 0.29) is 16.5 Å². The van der Waals surface area contributed by atoms with Gasteiger partial charge >= 0.3 is 23.9 Å². The molecule has 0 fully saturated rings.